The van der Waals surface area contributed by atoms with Crippen molar-refractivity contribution in [3.8, 4) is 0 Å². The van der Waals surface area contributed by atoms with Gasteiger partial charge in [-0.1, -0.05) is 6.92 Å². The zero-order chi connectivity index (χ0) is 11.3. The van der Waals surface area contributed by atoms with Gasteiger partial charge < -0.3 is 21.5 Å². The topological polar surface area (TPSA) is 116 Å². The molecule has 0 amide bonds. The van der Waals surface area contributed by atoms with Crippen LogP contribution in [0.1, 0.15) is 13.3 Å². The summed E-state index contributed by atoms with van der Waals surface area (Å²) in [6.07, 6.45) is 0.382. The number of aliphatic carboxylic acids is 1. The number of hydrogen-bond donors (Lipinski definition) is 4. The largest absolute Gasteiger partial charge is 0.480 e. The van der Waals surface area contributed by atoms with Gasteiger partial charge in [0.1, 0.15) is 6.04 Å². The number of nitrogens with one attached hydrogen (secondary N) is 1. The van der Waals surface area contributed by atoms with E-state index in [0.717, 1.165) is 0 Å². The number of carboxylic acids is 1. The lowest BCUT2D eigenvalue weighted by Gasteiger charge is -2.22. The van der Waals surface area contributed by atoms with E-state index in [-0.39, 0.29) is 11.9 Å². The molecule has 0 aromatic carbocycles. The Morgan fingerprint density at radius 3 is 2.50 bits per heavy atom. The second kappa shape index (κ2) is 5.43. The van der Waals surface area contributed by atoms with E-state index in [1.807, 2.05) is 6.92 Å². The van der Waals surface area contributed by atoms with Crippen LogP contribution in [0.5, 0.6) is 0 Å². The third-order valence-corrected chi connectivity index (χ3v) is 1.97. The summed E-state index contributed by atoms with van der Waals surface area (Å²) in [7, 11) is 1.69. The fraction of sp³-hybridized carbons (Fsp3) is 0.750. The summed E-state index contributed by atoms with van der Waals surface area (Å²) in [5.74, 6) is -0.932. The molecule has 0 radical (unpaired) electrons. The molecule has 0 aliphatic rings. The standard InChI is InChI=1S/C8H18N4O2/c1-5(3-6(9)7(13)14)4-12(2)8(10)11/h5-6H,3-4,9H2,1-2H3,(H3,10,11)(H,13,14)/t5?,6-/m0/s1. The zero-order valence-electron chi connectivity index (χ0n) is 8.53. The van der Waals surface area contributed by atoms with E-state index in [0.29, 0.717) is 13.0 Å². The molecule has 0 bridgehead atoms. The Morgan fingerprint density at radius 1 is 1.64 bits per heavy atom. The Bertz CT molecular complexity index is 197. The van der Waals surface area contributed by atoms with Gasteiger partial charge in [0.15, 0.2) is 5.96 Å². The van der Waals surface area contributed by atoms with Crippen molar-refractivity contribution >= 4 is 11.9 Å². The Labute approximate surface area is 83.4 Å². The molecule has 6 N–H and O–H groups in total. The van der Waals surface area contributed by atoms with Crippen LogP contribution in [0.4, 0.5) is 0 Å². The average Bonchev–Trinajstić information content (AvgIpc) is 2.03. The van der Waals surface area contributed by atoms with Crippen LogP contribution in [-0.4, -0.2) is 41.6 Å². The van der Waals surface area contributed by atoms with E-state index in [4.69, 9.17) is 22.0 Å². The Balaban J connectivity index is 3.92. The van der Waals surface area contributed by atoms with Crippen LogP contribution >= 0.6 is 0 Å². The van der Waals surface area contributed by atoms with Gasteiger partial charge in [0.25, 0.3) is 0 Å². The molecule has 6 heteroatoms. The van der Waals surface area contributed by atoms with Crippen LogP contribution in [0.2, 0.25) is 0 Å². The molecule has 0 aliphatic carbocycles. The van der Waals surface area contributed by atoms with Crippen molar-refractivity contribution in [2.24, 2.45) is 17.4 Å². The van der Waals surface area contributed by atoms with Crippen molar-refractivity contribution in [1.29, 1.82) is 5.41 Å². The minimum Gasteiger partial charge on any atom is -0.480 e. The van der Waals surface area contributed by atoms with Crippen LogP contribution in [0, 0.1) is 11.3 Å². The summed E-state index contributed by atoms with van der Waals surface area (Å²) in [4.78, 5) is 12.0. The van der Waals surface area contributed by atoms with Crippen molar-refractivity contribution in [2.75, 3.05) is 13.6 Å². The van der Waals surface area contributed by atoms with Gasteiger partial charge in [-0.05, 0) is 12.3 Å². The van der Waals surface area contributed by atoms with Gasteiger partial charge in [0.2, 0.25) is 0 Å². The smallest absolute Gasteiger partial charge is 0.320 e. The predicted molar refractivity (Wildman–Crippen MR) is 53.9 cm³/mol. The molecule has 6 nitrogen and oxygen atoms in total. The van der Waals surface area contributed by atoms with E-state index in [1.165, 1.54) is 0 Å². The van der Waals surface area contributed by atoms with Crippen LogP contribution in [-0.2, 0) is 4.79 Å². The van der Waals surface area contributed by atoms with Crippen molar-refractivity contribution in [1.82, 2.24) is 4.90 Å². The SMILES string of the molecule is CC(C[C@H](N)C(=O)O)CN(C)C(=N)N. The lowest BCUT2D eigenvalue weighted by Crippen LogP contribution is -2.39. The third-order valence-electron chi connectivity index (χ3n) is 1.97. The van der Waals surface area contributed by atoms with Crippen LogP contribution in [0.3, 0.4) is 0 Å². The fourth-order valence-corrected chi connectivity index (χ4v) is 1.17. The summed E-state index contributed by atoms with van der Waals surface area (Å²) in [6, 6.07) is -0.842. The van der Waals surface area contributed by atoms with Crippen LogP contribution in [0.15, 0.2) is 0 Å². The van der Waals surface area contributed by atoms with Gasteiger partial charge in [-0.3, -0.25) is 10.2 Å². The first kappa shape index (κ1) is 12.7. The highest BCUT2D eigenvalue weighted by Crippen LogP contribution is 2.06. The van der Waals surface area contributed by atoms with E-state index < -0.39 is 12.0 Å². The van der Waals surface area contributed by atoms with E-state index in [9.17, 15) is 4.79 Å². The van der Waals surface area contributed by atoms with Gasteiger partial charge in [0, 0.05) is 13.6 Å². The molecule has 0 fully saturated rings. The van der Waals surface area contributed by atoms with E-state index in [1.54, 1.807) is 11.9 Å². The van der Waals surface area contributed by atoms with Crippen LogP contribution < -0.4 is 11.5 Å². The zero-order valence-corrected chi connectivity index (χ0v) is 8.53. The molecular weight excluding hydrogens is 184 g/mol. The summed E-state index contributed by atoms with van der Waals surface area (Å²) < 4.78 is 0. The predicted octanol–water partition coefficient (Wildman–Crippen LogP) is -0.750. The molecule has 1 unspecified atom stereocenters. The molecule has 0 aromatic rings. The molecule has 0 saturated heterocycles. The summed E-state index contributed by atoms with van der Waals surface area (Å²) in [5.41, 5.74) is 10.6. The van der Waals surface area contributed by atoms with Gasteiger partial charge in [-0.25, -0.2) is 0 Å². The van der Waals surface area contributed by atoms with Crippen molar-refractivity contribution in [2.45, 2.75) is 19.4 Å². The summed E-state index contributed by atoms with van der Waals surface area (Å²) in [6.45, 7) is 2.42. The van der Waals surface area contributed by atoms with Gasteiger partial charge >= 0.3 is 5.97 Å². The summed E-state index contributed by atoms with van der Waals surface area (Å²) >= 11 is 0. The molecule has 0 rings (SSSR count). The number of carboxylic acid groups (broad SMARTS) is 1. The Hall–Kier alpha value is -1.30. The lowest BCUT2D eigenvalue weighted by molar-refractivity contribution is -0.138. The number of nitrogens with zero attached hydrogens (tertiary/aromatic N) is 1. The third kappa shape index (κ3) is 4.66. The molecule has 14 heavy (non-hydrogen) atoms. The van der Waals surface area contributed by atoms with E-state index >= 15 is 0 Å². The highest BCUT2D eigenvalue weighted by atomic mass is 16.4. The van der Waals surface area contributed by atoms with Crippen molar-refractivity contribution < 1.29 is 9.90 Å². The molecule has 0 heterocycles. The molecule has 0 aliphatic heterocycles. The minimum atomic E-state index is -0.998. The van der Waals surface area contributed by atoms with Gasteiger partial charge in [0.05, 0.1) is 0 Å². The normalized spacial score (nSPS) is 14.5. The van der Waals surface area contributed by atoms with Crippen molar-refractivity contribution in [3.63, 3.8) is 0 Å². The number of rotatable bonds is 5. The first-order valence-corrected chi connectivity index (χ1v) is 4.38. The molecule has 0 saturated carbocycles. The highest BCUT2D eigenvalue weighted by molar-refractivity contribution is 5.74. The average molecular weight is 202 g/mol. The Kier molecular flexibility index (Phi) is 4.93. The fourth-order valence-electron chi connectivity index (χ4n) is 1.17. The van der Waals surface area contributed by atoms with E-state index in [2.05, 4.69) is 0 Å². The van der Waals surface area contributed by atoms with Crippen LogP contribution in [0.25, 0.3) is 0 Å². The number of carbonyl (C=O) groups is 1. The first-order valence-electron chi connectivity index (χ1n) is 4.38. The van der Waals surface area contributed by atoms with Gasteiger partial charge in [-0.2, -0.15) is 0 Å². The monoisotopic (exact) mass is 202 g/mol. The maximum Gasteiger partial charge on any atom is 0.320 e. The number of nitrogens with two attached hydrogens (primary N) is 2. The minimum absolute atomic E-state index is 0.0271. The molecular formula is C8H18N4O2. The second-order valence-corrected chi connectivity index (χ2v) is 3.55. The lowest BCUT2D eigenvalue weighted by atomic mass is 10.0. The molecule has 82 valence electrons. The summed E-state index contributed by atoms with van der Waals surface area (Å²) in [5, 5.41) is 15.7. The van der Waals surface area contributed by atoms with Gasteiger partial charge in [-0.15, -0.1) is 0 Å². The number of hydrogen-bond acceptors (Lipinski definition) is 3. The quantitative estimate of drug-likeness (QED) is 0.346. The second-order valence-electron chi connectivity index (χ2n) is 3.55. The molecule has 0 aromatic heterocycles. The Morgan fingerprint density at radius 2 is 2.14 bits per heavy atom. The molecule has 0 spiro atoms. The number of guanidine groups is 1. The van der Waals surface area contributed by atoms with Crippen molar-refractivity contribution in [3.05, 3.63) is 0 Å². The highest BCUT2D eigenvalue weighted by Gasteiger charge is 2.16. The first-order chi connectivity index (χ1) is 6.34. The maximum atomic E-state index is 10.4. The molecule has 2 atom stereocenters. The maximum absolute atomic E-state index is 10.4.